The van der Waals surface area contributed by atoms with Crippen LogP contribution in [-0.4, -0.2) is 20.9 Å². The van der Waals surface area contributed by atoms with E-state index in [1.165, 1.54) is 24.3 Å². The number of nitrogens with zero attached hydrogens (tertiary/aromatic N) is 1. The van der Waals surface area contributed by atoms with Gasteiger partial charge in [0, 0.05) is 0 Å². The molecule has 2 N–H and O–H groups in total. The molecule has 0 aromatic heterocycles. The standard InChI is InChI=1S/C19H21N3O4S/c1-19(2,3)15-7-9-16(10-8-15)26-13-18(23)21-22-27(24,25)17-6-4-5-14(11-17)12-20/h4-11,22H,13H2,1-3H3,(H,21,23). The Morgan fingerprint density at radius 1 is 1.15 bits per heavy atom. The van der Waals surface area contributed by atoms with Gasteiger partial charge < -0.3 is 4.74 Å². The summed E-state index contributed by atoms with van der Waals surface area (Å²) in [7, 11) is -3.98. The van der Waals surface area contributed by atoms with Crippen molar-refractivity contribution in [3.05, 3.63) is 59.7 Å². The van der Waals surface area contributed by atoms with E-state index in [1.54, 1.807) is 12.1 Å². The van der Waals surface area contributed by atoms with Crippen molar-refractivity contribution in [2.24, 2.45) is 0 Å². The summed E-state index contributed by atoms with van der Waals surface area (Å²) in [4.78, 5) is 13.7. The maximum absolute atomic E-state index is 12.1. The second-order valence-electron chi connectivity index (χ2n) is 6.86. The molecule has 27 heavy (non-hydrogen) atoms. The number of carbonyl (C=O) groups excluding carboxylic acids is 1. The van der Waals surface area contributed by atoms with Gasteiger partial charge in [0.05, 0.1) is 16.5 Å². The predicted octanol–water partition coefficient (Wildman–Crippen LogP) is 2.24. The van der Waals surface area contributed by atoms with Gasteiger partial charge in [0.15, 0.2) is 6.61 Å². The number of benzene rings is 2. The zero-order chi connectivity index (χ0) is 20.1. The number of hydrogen-bond acceptors (Lipinski definition) is 5. The van der Waals surface area contributed by atoms with Crippen LogP contribution in [-0.2, 0) is 20.2 Å². The minimum atomic E-state index is -3.98. The number of hydrazine groups is 1. The van der Waals surface area contributed by atoms with Gasteiger partial charge in [-0.2, -0.15) is 5.26 Å². The summed E-state index contributed by atoms with van der Waals surface area (Å²) in [6.45, 7) is 5.92. The van der Waals surface area contributed by atoms with Gasteiger partial charge in [0.2, 0.25) is 0 Å². The van der Waals surface area contributed by atoms with Crippen molar-refractivity contribution in [2.45, 2.75) is 31.1 Å². The molecule has 0 aliphatic carbocycles. The molecule has 0 fully saturated rings. The van der Waals surface area contributed by atoms with Crippen LogP contribution in [0.15, 0.2) is 53.4 Å². The van der Waals surface area contributed by atoms with E-state index in [1.807, 2.05) is 23.0 Å². The van der Waals surface area contributed by atoms with E-state index in [9.17, 15) is 13.2 Å². The lowest BCUT2D eigenvalue weighted by atomic mass is 9.87. The Hall–Kier alpha value is -2.89. The SMILES string of the molecule is CC(C)(C)c1ccc(OCC(=O)NNS(=O)(=O)c2cccc(C#N)c2)cc1. The van der Waals surface area contributed by atoms with E-state index in [4.69, 9.17) is 10.00 Å². The van der Waals surface area contributed by atoms with Gasteiger partial charge in [-0.1, -0.05) is 39.0 Å². The van der Waals surface area contributed by atoms with Crippen molar-refractivity contribution in [1.29, 1.82) is 5.26 Å². The van der Waals surface area contributed by atoms with Crippen LogP contribution in [0.25, 0.3) is 0 Å². The topological polar surface area (TPSA) is 108 Å². The maximum Gasteiger partial charge on any atom is 0.272 e. The molecule has 0 saturated carbocycles. The van der Waals surface area contributed by atoms with Crippen LogP contribution in [0, 0.1) is 11.3 Å². The minimum absolute atomic E-state index is 0.0109. The summed E-state index contributed by atoms with van der Waals surface area (Å²) >= 11 is 0. The Morgan fingerprint density at radius 3 is 2.41 bits per heavy atom. The molecule has 0 spiro atoms. The lowest BCUT2D eigenvalue weighted by Crippen LogP contribution is -2.43. The highest BCUT2D eigenvalue weighted by atomic mass is 32.2. The molecular weight excluding hydrogens is 366 g/mol. The first-order valence-electron chi connectivity index (χ1n) is 8.16. The third-order valence-electron chi connectivity index (χ3n) is 3.69. The fourth-order valence-corrected chi connectivity index (χ4v) is 3.06. The molecule has 8 heteroatoms. The van der Waals surface area contributed by atoms with E-state index >= 15 is 0 Å². The third kappa shape index (κ3) is 5.81. The minimum Gasteiger partial charge on any atom is -0.484 e. The number of sulfonamides is 1. The lowest BCUT2D eigenvalue weighted by Gasteiger charge is -2.19. The van der Waals surface area contributed by atoms with Crippen molar-refractivity contribution in [1.82, 2.24) is 10.3 Å². The van der Waals surface area contributed by atoms with Gasteiger partial charge in [-0.3, -0.25) is 10.2 Å². The van der Waals surface area contributed by atoms with Crippen molar-refractivity contribution in [2.75, 3.05) is 6.61 Å². The van der Waals surface area contributed by atoms with Gasteiger partial charge >= 0.3 is 0 Å². The van der Waals surface area contributed by atoms with E-state index in [0.717, 1.165) is 5.56 Å². The lowest BCUT2D eigenvalue weighted by molar-refractivity contribution is -0.123. The average molecular weight is 387 g/mol. The maximum atomic E-state index is 12.1. The number of amides is 1. The smallest absolute Gasteiger partial charge is 0.272 e. The highest BCUT2D eigenvalue weighted by Crippen LogP contribution is 2.24. The monoisotopic (exact) mass is 387 g/mol. The van der Waals surface area contributed by atoms with Gasteiger partial charge in [0.25, 0.3) is 15.9 Å². The van der Waals surface area contributed by atoms with Gasteiger partial charge in [0.1, 0.15) is 5.75 Å². The Morgan fingerprint density at radius 2 is 1.81 bits per heavy atom. The summed E-state index contributed by atoms with van der Waals surface area (Å²) in [5, 5.41) is 8.83. The summed E-state index contributed by atoms with van der Waals surface area (Å²) in [6.07, 6.45) is 0. The van der Waals surface area contributed by atoms with Gasteiger partial charge in [-0.25, -0.2) is 8.42 Å². The predicted molar refractivity (Wildman–Crippen MR) is 100 cm³/mol. The third-order valence-corrected chi connectivity index (χ3v) is 4.93. The zero-order valence-corrected chi connectivity index (χ0v) is 16.1. The van der Waals surface area contributed by atoms with Crippen molar-refractivity contribution in [3.8, 4) is 11.8 Å². The molecule has 0 bridgehead atoms. The molecule has 0 heterocycles. The van der Waals surface area contributed by atoms with Crippen LogP contribution in [0.5, 0.6) is 5.75 Å². The number of nitriles is 1. The largest absolute Gasteiger partial charge is 0.484 e. The molecule has 0 atom stereocenters. The van der Waals surface area contributed by atoms with Crippen LogP contribution in [0.1, 0.15) is 31.9 Å². The Balaban J connectivity index is 1.89. The highest BCUT2D eigenvalue weighted by Gasteiger charge is 2.16. The Labute approximate surface area is 159 Å². The number of ether oxygens (including phenoxy) is 1. The molecule has 142 valence electrons. The fraction of sp³-hybridized carbons (Fsp3) is 0.263. The summed E-state index contributed by atoms with van der Waals surface area (Å²) in [6, 6.07) is 14.7. The van der Waals surface area contributed by atoms with Gasteiger partial charge in [-0.15, -0.1) is 4.83 Å². The Bertz CT molecular complexity index is 956. The average Bonchev–Trinajstić information content (AvgIpc) is 2.64. The van der Waals surface area contributed by atoms with Crippen LogP contribution >= 0.6 is 0 Å². The second-order valence-corrected chi connectivity index (χ2v) is 8.54. The summed E-state index contributed by atoms with van der Waals surface area (Å²) < 4.78 is 29.6. The van der Waals surface area contributed by atoms with Crippen molar-refractivity contribution < 1.29 is 17.9 Å². The summed E-state index contributed by atoms with van der Waals surface area (Å²) in [5.74, 6) is -0.155. The fourth-order valence-electron chi connectivity index (χ4n) is 2.15. The van der Waals surface area contributed by atoms with Crippen LogP contribution in [0.3, 0.4) is 0 Å². The quantitative estimate of drug-likeness (QED) is 0.739. The number of hydrogen-bond donors (Lipinski definition) is 2. The Kier molecular flexibility index (Phi) is 6.20. The molecule has 0 unspecified atom stereocenters. The van der Waals surface area contributed by atoms with Crippen LogP contribution in [0.2, 0.25) is 0 Å². The number of nitrogens with one attached hydrogen (secondary N) is 2. The molecule has 0 aliphatic rings. The first-order valence-corrected chi connectivity index (χ1v) is 9.64. The number of carbonyl (C=O) groups is 1. The van der Waals surface area contributed by atoms with E-state index in [-0.39, 0.29) is 22.5 Å². The molecule has 7 nitrogen and oxygen atoms in total. The van der Waals surface area contributed by atoms with E-state index in [2.05, 4.69) is 26.2 Å². The molecule has 0 saturated heterocycles. The molecule has 0 radical (unpaired) electrons. The van der Waals surface area contributed by atoms with Gasteiger partial charge in [-0.05, 0) is 41.3 Å². The molecule has 2 aromatic rings. The molecular formula is C19H21N3O4S. The zero-order valence-electron chi connectivity index (χ0n) is 15.3. The first kappa shape index (κ1) is 20.4. The normalized spacial score (nSPS) is 11.5. The second kappa shape index (κ2) is 8.20. The van der Waals surface area contributed by atoms with Crippen molar-refractivity contribution >= 4 is 15.9 Å². The first-order chi connectivity index (χ1) is 12.6. The number of rotatable bonds is 6. The molecule has 1 amide bonds. The molecule has 2 aromatic carbocycles. The molecule has 2 rings (SSSR count). The van der Waals surface area contributed by atoms with E-state index < -0.39 is 15.9 Å². The highest BCUT2D eigenvalue weighted by molar-refractivity contribution is 7.89. The van der Waals surface area contributed by atoms with Crippen LogP contribution in [0.4, 0.5) is 0 Å². The van der Waals surface area contributed by atoms with Crippen molar-refractivity contribution in [3.63, 3.8) is 0 Å². The van der Waals surface area contributed by atoms with E-state index in [0.29, 0.717) is 5.75 Å². The van der Waals surface area contributed by atoms with Crippen LogP contribution < -0.4 is 15.0 Å². The molecule has 0 aliphatic heterocycles. The summed E-state index contributed by atoms with van der Waals surface area (Å²) in [5.41, 5.74) is 3.42.